The zero-order valence-corrected chi connectivity index (χ0v) is 20.3. The number of hydrogen-bond donors (Lipinski definition) is 3. The van der Waals surface area contributed by atoms with Gasteiger partial charge in [-0.2, -0.15) is 5.26 Å². The molecular weight excluding hydrogens is 444 g/mol. The lowest BCUT2D eigenvalue weighted by atomic mass is 9.80. The smallest absolute Gasteiger partial charge is 0.317 e. The van der Waals surface area contributed by atoms with Gasteiger partial charge in [0.1, 0.15) is 5.82 Å². The average molecular weight is 477 g/mol. The van der Waals surface area contributed by atoms with E-state index in [1.54, 1.807) is 20.3 Å². The topological polar surface area (TPSA) is 140 Å². The maximum absolute atomic E-state index is 12.1. The summed E-state index contributed by atoms with van der Waals surface area (Å²) in [5.41, 5.74) is 6.94. The van der Waals surface area contributed by atoms with E-state index < -0.39 is 11.3 Å². The van der Waals surface area contributed by atoms with Crippen LogP contribution in [-0.2, 0) is 5.41 Å². The minimum absolute atomic E-state index is 0.0109. The number of anilines is 3. The third-order valence-corrected chi connectivity index (χ3v) is 6.84. The first-order chi connectivity index (χ1) is 16.8. The van der Waals surface area contributed by atoms with Gasteiger partial charge in [-0.05, 0) is 43.4 Å². The predicted molar refractivity (Wildman–Crippen MR) is 133 cm³/mol. The van der Waals surface area contributed by atoms with Crippen LogP contribution in [0.2, 0.25) is 0 Å². The van der Waals surface area contributed by atoms with Crippen molar-refractivity contribution in [1.29, 1.82) is 5.26 Å². The summed E-state index contributed by atoms with van der Waals surface area (Å²) in [7, 11) is 3.42. The molecule has 1 atom stereocenters. The number of carbonyl (C=O) groups is 2. The van der Waals surface area contributed by atoms with Crippen molar-refractivity contribution in [3.8, 4) is 6.07 Å². The van der Waals surface area contributed by atoms with Crippen molar-refractivity contribution in [3.05, 3.63) is 41.7 Å². The van der Waals surface area contributed by atoms with Crippen LogP contribution in [0.4, 0.5) is 22.1 Å². The number of urea groups is 1. The molecule has 2 aromatic rings. The summed E-state index contributed by atoms with van der Waals surface area (Å²) in [5.74, 6) is 0.206. The number of primary amides is 1. The lowest BCUT2D eigenvalue weighted by molar-refractivity contribution is 0.0996. The number of amides is 3. The number of hydrogen-bond acceptors (Lipinski definition) is 7. The van der Waals surface area contributed by atoms with Crippen molar-refractivity contribution in [3.63, 3.8) is 0 Å². The fourth-order valence-corrected chi connectivity index (χ4v) is 4.86. The van der Waals surface area contributed by atoms with Gasteiger partial charge in [-0.15, -0.1) is 0 Å². The maximum Gasteiger partial charge on any atom is 0.317 e. The van der Waals surface area contributed by atoms with E-state index in [-0.39, 0.29) is 23.6 Å². The maximum atomic E-state index is 12.1. The molecule has 10 heteroatoms. The summed E-state index contributed by atoms with van der Waals surface area (Å²) in [6.45, 7) is 1.36. The predicted octanol–water partition coefficient (Wildman–Crippen LogP) is 2.89. The molecule has 1 saturated carbocycles. The van der Waals surface area contributed by atoms with Gasteiger partial charge in [0.25, 0.3) is 5.91 Å². The van der Waals surface area contributed by atoms with Gasteiger partial charge in [-0.1, -0.05) is 25.0 Å². The molecule has 1 saturated heterocycles. The minimum atomic E-state index is -0.674. The van der Waals surface area contributed by atoms with Gasteiger partial charge in [0.15, 0.2) is 11.5 Å². The number of carbonyl (C=O) groups excluding carboxylic acids is 2. The Hall–Kier alpha value is -3.87. The Kier molecular flexibility index (Phi) is 7.05. The second kappa shape index (κ2) is 10.2. The van der Waals surface area contributed by atoms with E-state index in [9.17, 15) is 14.9 Å². The van der Waals surface area contributed by atoms with E-state index in [0.29, 0.717) is 12.4 Å². The molecule has 184 valence electrons. The highest BCUT2D eigenvalue weighted by Gasteiger charge is 2.35. The van der Waals surface area contributed by atoms with Crippen molar-refractivity contribution < 1.29 is 9.59 Å². The minimum Gasteiger partial charge on any atom is -0.364 e. The summed E-state index contributed by atoms with van der Waals surface area (Å²) >= 11 is 0. The van der Waals surface area contributed by atoms with Crippen LogP contribution in [0.5, 0.6) is 0 Å². The number of nitrogens with one attached hydrogen (secondary N) is 2. The van der Waals surface area contributed by atoms with Crippen LogP contribution in [0.25, 0.3) is 0 Å². The first kappa shape index (κ1) is 24.3. The van der Waals surface area contributed by atoms with Crippen molar-refractivity contribution in [1.82, 2.24) is 20.2 Å². The van der Waals surface area contributed by atoms with Crippen LogP contribution in [0.3, 0.4) is 0 Å². The van der Waals surface area contributed by atoms with E-state index >= 15 is 0 Å². The highest BCUT2D eigenvalue weighted by molar-refractivity contribution is 5.96. The van der Waals surface area contributed by atoms with Crippen LogP contribution < -0.4 is 21.3 Å². The monoisotopic (exact) mass is 476 g/mol. The molecular formula is C25H32N8O2. The molecule has 0 bridgehead atoms. The number of aromatic nitrogens is 2. The highest BCUT2D eigenvalue weighted by Crippen LogP contribution is 2.40. The SMILES string of the molecule is CN(C)C(=O)N[C@@H]1CCCN(c2cnc(C(N)=O)c(Nc3ccc(C4(C#N)CCCC4)cc3)n2)C1. The summed E-state index contributed by atoms with van der Waals surface area (Å²) in [6.07, 6.45) is 7.19. The van der Waals surface area contributed by atoms with E-state index in [0.717, 1.165) is 56.3 Å². The molecule has 1 aromatic heterocycles. The second-order valence-corrected chi connectivity index (χ2v) is 9.52. The Balaban J connectivity index is 1.53. The Morgan fingerprint density at radius 1 is 1.20 bits per heavy atom. The highest BCUT2D eigenvalue weighted by atomic mass is 16.2. The van der Waals surface area contributed by atoms with Crippen LogP contribution in [0.1, 0.15) is 54.6 Å². The summed E-state index contributed by atoms with van der Waals surface area (Å²) in [4.78, 5) is 36.6. The zero-order chi connectivity index (χ0) is 25.0. The van der Waals surface area contributed by atoms with Crippen LogP contribution in [0.15, 0.2) is 30.5 Å². The van der Waals surface area contributed by atoms with Crippen LogP contribution >= 0.6 is 0 Å². The molecule has 0 unspecified atom stereocenters. The lowest BCUT2D eigenvalue weighted by Gasteiger charge is -2.34. The van der Waals surface area contributed by atoms with Gasteiger partial charge in [0.05, 0.1) is 17.7 Å². The zero-order valence-electron chi connectivity index (χ0n) is 20.3. The number of nitrogens with two attached hydrogens (primary N) is 1. The van der Waals surface area contributed by atoms with Gasteiger partial charge in [0, 0.05) is 38.9 Å². The fourth-order valence-electron chi connectivity index (χ4n) is 4.86. The van der Waals surface area contributed by atoms with Crippen LogP contribution in [-0.4, -0.2) is 60.0 Å². The van der Waals surface area contributed by atoms with Crippen molar-refractivity contribution in [2.75, 3.05) is 37.4 Å². The first-order valence-corrected chi connectivity index (χ1v) is 12.0. The van der Waals surface area contributed by atoms with Gasteiger partial charge >= 0.3 is 6.03 Å². The Morgan fingerprint density at radius 3 is 2.54 bits per heavy atom. The number of benzene rings is 1. The average Bonchev–Trinajstić information content (AvgIpc) is 3.35. The van der Waals surface area contributed by atoms with Crippen molar-refractivity contribution >= 4 is 29.3 Å². The first-order valence-electron chi connectivity index (χ1n) is 12.0. The molecule has 1 aromatic carbocycles. The molecule has 4 rings (SSSR count). The van der Waals surface area contributed by atoms with Gasteiger partial charge in [-0.3, -0.25) is 4.79 Å². The quantitative estimate of drug-likeness (QED) is 0.582. The van der Waals surface area contributed by atoms with E-state index in [1.807, 2.05) is 29.2 Å². The Labute approximate surface area is 205 Å². The van der Waals surface area contributed by atoms with Crippen molar-refractivity contribution in [2.24, 2.45) is 5.73 Å². The summed E-state index contributed by atoms with van der Waals surface area (Å²) in [5, 5.41) is 16.0. The third-order valence-electron chi connectivity index (χ3n) is 6.84. The Bertz CT molecular complexity index is 1120. The molecule has 0 spiro atoms. The lowest BCUT2D eigenvalue weighted by Crippen LogP contribution is -2.50. The van der Waals surface area contributed by atoms with Gasteiger partial charge in [0.2, 0.25) is 0 Å². The molecule has 0 radical (unpaired) electrons. The molecule has 1 aliphatic carbocycles. The second-order valence-electron chi connectivity index (χ2n) is 9.52. The number of rotatable bonds is 6. The van der Waals surface area contributed by atoms with Crippen LogP contribution in [0, 0.1) is 11.3 Å². The van der Waals surface area contributed by atoms with Crippen molar-refractivity contribution in [2.45, 2.75) is 50.0 Å². The fraction of sp³-hybridized carbons (Fsp3) is 0.480. The normalized spacial score (nSPS) is 19.0. The van der Waals surface area contributed by atoms with Gasteiger partial charge in [-0.25, -0.2) is 14.8 Å². The summed E-state index contributed by atoms with van der Waals surface area (Å²) < 4.78 is 0. The molecule has 2 heterocycles. The van der Waals surface area contributed by atoms with E-state index in [4.69, 9.17) is 5.73 Å². The molecule has 2 aliphatic rings. The molecule has 4 N–H and O–H groups in total. The molecule has 10 nitrogen and oxygen atoms in total. The largest absolute Gasteiger partial charge is 0.364 e. The van der Waals surface area contributed by atoms with E-state index in [1.165, 1.54) is 4.90 Å². The molecule has 2 fully saturated rings. The van der Waals surface area contributed by atoms with Gasteiger partial charge < -0.3 is 26.2 Å². The standard InChI is InChI=1S/C25H32N8O2/c1-32(2)24(35)30-19-6-5-13-33(15-19)20-14-28-21(22(27)34)23(31-20)29-18-9-7-17(8-10-18)25(16-26)11-3-4-12-25/h7-10,14,19H,3-6,11-13,15H2,1-2H3,(H2,27,34)(H,29,31)(H,30,35)/t19-/m1/s1. The van der Waals surface area contributed by atoms with E-state index in [2.05, 4.69) is 26.7 Å². The third kappa shape index (κ3) is 5.29. The number of piperidine rings is 1. The Morgan fingerprint density at radius 2 is 1.91 bits per heavy atom. The molecule has 3 amide bonds. The number of nitrogens with zero attached hydrogens (tertiary/aromatic N) is 5. The summed E-state index contributed by atoms with van der Waals surface area (Å²) in [6, 6.07) is 10.1. The number of nitriles is 1. The molecule has 35 heavy (non-hydrogen) atoms. The molecule has 1 aliphatic heterocycles.